The lowest BCUT2D eigenvalue weighted by Gasteiger charge is -2.09. The Morgan fingerprint density at radius 1 is 1.30 bits per heavy atom. The second-order valence-corrected chi connectivity index (χ2v) is 6.57. The molecule has 2 aromatic heterocycles. The van der Waals surface area contributed by atoms with Crippen LogP contribution in [-0.2, 0) is 27.8 Å². The topological polar surface area (TPSA) is 69.9 Å². The molecule has 23 heavy (non-hydrogen) atoms. The molecule has 120 valence electrons. The largest absolute Gasteiger partial charge is 0.383 e. The Morgan fingerprint density at radius 3 is 2.96 bits per heavy atom. The van der Waals surface area contributed by atoms with Gasteiger partial charge >= 0.3 is 0 Å². The lowest BCUT2D eigenvalue weighted by molar-refractivity contribution is 0.184. The van der Waals surface area contributed by atoms with E-state index < -0.39 is 10.8 Å². The number of benzene rings is 1. The molecule has 2 heterocycles. The van der Waals surface area contributed by atoms with E-state index in [9.17, 15) is 4.21 Å². The Bertz CT molecular complexity index is 847. The summed E-state index contributed by atoms with van der Waals surface area (Å²) in [6.07, 6.45) is 1.59. The predicted octanol–water partition coefficient (Wildman–Crippen LogP) is 2.09. The molecule has 0 aliphatic carbocycles. The SMILES string of the molecule is COCCn1cnnc1[S@](=O)Cc1cc(C)nc2ccccc12. The van der Waals surface area contributed by atoms with Gasteiger partial charge in [0, 0.05) is 24.7 Å². The second-order valence-electron chi connectivity index (χ2n) is 5.23. The van der Waals surface area contributed by atoms with Gasteiger partial charge in [-0.2, -0.15) is 0 Å². The van der Waals surface area contributed by atoms with Crippen LogP contribution in [0.1, 0.15) is 11.3 Å². The minimum Gasteiger partial charge on any atom is -0.383 e. The standard InChI is InChI=1S/C16H18N4O2S/c1-12-9-13(14-5-3-4-6-15(14)18-12)10-23(21)16-19-17-11-20(16)7-8-22-2/h3-6,9,11H,7-8,10H2,1-2H3/t23-/m1/s1. The van der Waals surface area contributed by atoms with Crippen LogP contribution in [0.4, 0.5) is 0 Å². The number of pyridine rings is 1. The maximum atomic E-state index is 12.7. The molecule has 0 saturated heterocycles. The predicted molar refractivity (Wildman–Crippen MR) is 88.5 cm³/mol. The summed E-state index contributed by atoms with van der Waals surface area (Å²) < 4.78 is 19.6. The quantitative estimate of drug-likeness (QED) is 0.692. The molecule has 1 aromatic carbocycles. The third kappa shape index (κ3) is 3.46. The number of methoxy groups -OCH3 is 1. The van der Waals surface area contributed by atoms with Crippen LogP contribution in [0.15, 0.2) is 41.8 Å². The highest BCUT2D eigenvalue weighted by Crippen LogP contribution is 2.21. The summed E-state index contributed by atoms with van der Waals surface area (Å²) in [6, 6.07) is 9.87. The highest BCUT2D eigenvalue weighted by molar-refractivity contribution is 7.84. The van der Waals surface area contributed by atoms with Gasteiger partial charge in [-0.25, -0.2) is 0 Å². The number of rotatable bonds is 6. The van der Waals surface area contributed by atoms with Gasteiger partial charge in [-0.15, -0.1) is 10.2 Å². The second kappa shape index (κ2) is 6.97. The van der Waals surface area contributed by atoms with Crippen molar-refractivity contribution in [3.05, 3.63) is 47.9 Å². The summed E-state index contributed by atoms with van der Waals surface area (Å²) in [5.74, 6) is 0.384. The fourth-order valence-corrected chi connectivity index (χ4v) is 3.67. The molecule has 0 bridgehead atoms. The summed E-state index contributed by atoms with van der Waals surface area (Å²) in [4.78, 5) is 4.52. The molecule has 0 aliphatic rings. The molecule has 0 aliphatic heterocycles. The summed E-state index contributed by atoms with van der Waals surface area (Å²) in [5, 5.41) is 9.37. The zero-order valence-corrected chi connectivity index (χ0v) is 13.9. The molecule has 0 N–H and O–H groups in total. The van der Waals surface area contributed by atoms with E-state index in [0.29, 0.717) is 24.1 Å². The molecule has 0 spiro atoms. The molecule has 3 rings (SSSR count). The monoisotopic (exact) mass is 330 g/mol. The van der Waals surface area contributed by atoms with Crippen molar-refractivity contribution in [3.63, 3.8) is 0 Å². The highest BCUT2D eigenvalue weighted by Gasteiger charge is 2.15. The van der Waals surface area contributed by atoms with Gasteiger partial charge in [0.1, 0.15) is 6.33 Å². The Morgan fingerprint density at radius 2 is 2.13 bits per heavy atom. The van der Waals surface area contributed by atoms with E-state index >= 15 is 0 Å². The molecule has 3 aromatic rings. The summed E-state index contributed by atoms with van der Waals surface area (Å²) in [7, 11) is 0.355. The number of ether oxygens (including phenoxy) is 1. The molecule has 1 atom stereocenters. The van der Waals surface area contributed by atoms with Crippen LogP contribution in [0.3, 0.4) is 0 Å². The molecular formula is C16H18N4O2S. The van der Waals surface area contributed by atoms with Crippen molar-refractivity contribution in [1.82, 2.24) is 19.7 Å². The molecular weight excluding hydrogens is 312 g/mol. The van der Waals surface area contributed by atoms with Crippen molar-refractivity contribution < 1.29 is 8.95 Å². The molecule has 0 unspecified atom stereocenters. The number of aryl methyl sites for hydroxylation is 1. The number of nitrogens with zero attached hydrogens (tertiary/aromatic N) is 4. The van der Waals surface area contributed by atoms with Crippen LogP contribution < -0.4 is 0 Å². The van der Waals surface area contributed by atoms with Gasteiger partial charge in [0.25, 0.3) is 0 Å². The van der Waals surface area contributed by atoms with E-state index in [1.165, 1.54) is 0 Å². The van der Waals surface area contributed by atoms with E-state index in [2.05, 4.69) is 15.2 Å². The zero-order valence-electron chi connectivity index (χ0n) is 13.1. The van der Waals surface area contributed by atoms with Gasteiger partial charge < -0.3 is 9.30 Å². The van der Waals surface area contributed by atoms with Gasteiger partial charge in [-0.05, 0) is 24.6 Å². The van der Waals surface area contributed by atoms with Gasteiger partial charge in [0.05, 0.1) is 28.7 Å². The van der Waals surface area contributed by atoms with Gasteiger partial charge in [0.15, 0.2) is 0 Å². The smallest absolute Gasteiger partial charge is 0.221 e. The van der Waals surface area contributed by atoms with Crippen LogP contribution in [0.5, 0.6) is 0 Å². The Balaban J connectivity index is 1.90. The molecule has 0 fully saturated rings. The number of hydrogen-bond donors (Lipinski definition) is 0. The average molecular weight is 330 g/mol. The molecule has 0 amide bonds. The van der Waals surface area contributed by atoms with Crippen molar-refractivity contribution in [2.24, 2.45) is 0 Å². The molecule has 6 nitrogen and oxygen atoms in total. The molecule has 7 heteroatoms. The van der Waals surface area contributed by atoms with Crippen molar-refractivity contribution >= 4 is 21.7 Å². The summed E-state index contributed by atoms with van der Waals surface area (Å²) >= 11 is 0. The third-order valence-electron chi connectivity index (χ3n) is 3.54. The fourth-order valence-electron chi connectivity index (χ4n) is 2.48. The molecule has 0 saturated carbocycles. The first-order valence-corrected chi connectivity index (χ1v) is 8.61. The van der Waals surface area contributed by atoms with Gasteiger partial charge in [-0.3, -0.25) is 9.19 Å². The first-order valence-electron chi connectivity index (χ1n) is 7.29. The average Bonchev–Trinajstić information content (AvgIpc) is 3.01. The zero-order chi connectivity index (χ0) is 16.2. The van der Waals surface area contributed by atoms with Crippen molar-refractivity contribution in [1.29, 1.82) is 0 Å². The summed E-state index contributed by atoms with van der Waals surface area (Å²) in [5.41, 5.74) is 2.84. The van der Waals surface area contributed by atoms with Crippen LogP contribution in [-0.4, -0.2) is 37.7 Å². The lowest BCUT2D eigenvalue weighted by atomic mass is 10.1. The first-order chi connectivity index (χ1) is 11.2. The summed E-state index contributed by atoms with van der Waals surface area (Å²) in [6.45, 7) is 3.06. The third-order valence-corrected chi connectivity index (χ3v) is 4.83. The van der Waals surface area contributed by atoms with Crippen LogP contribution >= 0.6 is 0 Å². The Labute approximate surface area is 137 Å². The maximum Gasteiger partial charge on any atom is 0.221 e. The van der Waals surface area contributed by atoms with Gasteiger partial charge in [0.2, 0.25) is 5.16 Å². The highest BCUT2D eigenvalue weighted by atomic mass is 32.2. The van der Waals surface area contributed by atoms with Crippen LogP contribution in [0, 0.1) is 6.92 Å². The van der Waals surface area contributed by atoms with Gasteiger partial charge in [-0.1, -0.05) is 18.2 Å². The lowest BCUT2D eigenvalue weighted by Crippen LogP contribution is -2.10. The number of hydrogen-bond acceptors (Lipinski definition) is 5. The van der Waals surface area contributed by atoms with E-state index in [1.807, 2.05) is 37.3 Å². The minimum absolute atomic E-state index is 0.384. The van der Waals surface area contributed by atoms with Crippen molar-refractivity contribution in [2.45, 2.75) is 24.4 Å². The first kappa shape index (κ1) is 15.8. The number of para-hydroxylation sites is 1. The van der Waals surface area contributed by atoms with Crippen LogP contribution in [0.2, 0.25) is 0 Å². The Kier molecular flexibility index (Phi) is 4.78. The van der Waals surface area contributed by atoms with E-state index in [-0.39, 0.29) is 0 Å². The fraction of sp³-hybridized carbons (Fsp3) is 0.312. The number of aromatic nitrogens is 4. The maximum absolute atomic E-state index is 12.7. The minimum atomic E-state index is -1.28. The van der Waals surface area contributed by atoms with E-state index in [4.69, 9.17) is 4.74 Å². The Hall–Kier alpha value is -2.12. The normalized spacial score (nSPS) is 12.6. The number of fused-ring (bicyclic) bond motifs is 1. The van der Waals surface area contributed by atoms with E-state index in [0.717, 1.165) is 22.2 Å². The molecule has 0 radical (unpaired) electrons. The van der Waals surface area contributed by atoms with E-state index in [1.54, 1.807) is 18.0 Å². The van der Waals surface area contributed by atoms with Crippen molar-refractivity contribution in [2.75, 3.05) is 13.7 Å². The van der Waals surface area contributed by atoms with Crippen molar-refractivity contribution in [3.8, 4) is 0 Å². The van der Waals surface area contributed by atoms with Crippen LogP contribution in [0.25, 0.3) is 10.9 Å².